The second kappa shape index (κ2) is 5.14. The third kappa shape index (κ3) is 2.59. The van der Waals surface area contributed by atoms with Crippen LogP contribution >= 0.6 is 43.2 Å². The predicted octanol–water partition coefficient (Wildman–Crippen LogP) is 4.60. The maximum Gasteiger partial charge on any atom is 0.131 e. The molecule has 0 aliphatic carbocycles. The molecule has 17 heavy (non-hydrogen) atoms. The number of hydrogen-bond acceptors (Lipinski definition) is 2. The molecule has 0 aliphatic rings. The largest absolute Gasteiger partial charge is 0.319 e. The molecule has 0 bridgehead atoms. The molecule has 2 aromatic rings. The Morgan fingerprint density at radius 2 is 1.76 bits per heavy atom. The van der Waals surface area contributed by atoms with Crippen LogP contribution in [-0.2, 0) is 0 Å². The second-order valence-corrected chi connectivity index (χ2v) is 6.64. The highest BCUT2D eigenvalue weighted by molar-refractivity contribution is 9.13. The van der Waals surface area contributed by atoms with Gasteiger partial charge in [-0.3, -0.25) is 0 Å². The first-order chi connectivity index (χ1) is 8.00. The summed E-state index contributed by atoms with van der Waals surface area (Å²) in [5, 5.41) is 0. The molecule has 1 nitrogen and oxygen atoms in total. The SMILES string of the molecule is NC(c1cc(Br)c(Br)s1)c1c(F)cccc1F. The van der Waals surface area contributed by atoms with Crippen LogP contribution in [0, 0.1) is 11.6 Å². The van der Waals surface area contributed by atoms with E-state index in [4.69, 9.17) is 5.73 Å². The van der Waals surface area contributed by atoms with Gasteiger partial charge in [-0.05, 0) is 50.1 Å². The van der Waals surface area contributed by atoms with E-state index in [9.17, 15) is 8.78 Å². The first-order valence-electron chi connectivity index (χ1n) is 4.65. The summed E-state index contributed by atoms with van der Waals surface area (Å²) in [7, 11) is 0. The van der Waals surface area contributed by atoms with E-state index in [1.54, 1.807) is 6.07 Å². The third-order valence-electron chi connectivity index (χ3n) is 2.28. The summed E-state index contributed by atoms with van der Waals surface area (Å²) >= 11 is 7.98. The van der Waals surface area contributed by atoms with Crippen LogP contribution in [0.5, 0.6) is 0 Å². The van der Waals surface area contributed by atoms with E-state index in [-0.39, 0.29) is 5.56 Å². The van der Waals surface area contributed by atoms with Gasteiger partial charge in [0.2, 0.25) is 0 Å². The van der Waals surface area contributed by atoms with E-state index in [0.717, 1.165) is 8.26 Å². The molecule has 90 valence electrons. The molecule has 1 heterocycles. The van der Waals surface area contributed by atoms with Gasteiger partial charge >= 0.3 is 0 Å². The molecule has 0 aliphatic heterocycles. The Hall–Kier alpha value is -0.300. The minimum Gasteiger partial charge on any atom is -0.319 e. The van der Waals surface area contributed by atoms with Gasteiger partial charge in [0.1, 0.15) is 11.6 Å². The zero-order chi connectivity index (χ0) is 12.6. The van der Waals surface area contributed by atoms with Gasteiger partial charge in [0.05, 0.1) is 9.83 Å². The Morgan fingerprint density at radius 1 is 1.18 bits per heavy atom. The molecular weight excluding hydrogens is 376 g/mol. The van der Waals surface area contributed by atoms with Crippen LogP contribution in [0.1, 0.15) is 16.5 Å². The second-order valence-electron chi connectivity index (χ2n) is 3.38. The van der Waals surface area contributed by atoms with Crippen molar-refractivity contribution >= 4 is 43.2 Å². The van der Waals surface area contributed by atoms with Gasteiger partial charge in [-0.2, -0.15) is 0 Å². The van der Waals surface area contributed by atoms with E-state index in [2.05, 4.69) is 31.9 Å². The van der Waals surface area contributed by atoms with Gasteiger partial charge in [0, 0.05) is 14.9 Å². The lowest BCUT2D eigenvalue weighted by Crippen LogP contribution is -2.14. The molecule has 0 radical (unpaired) electrons. The molecule has 0 saturated heterocycles. The Bertz CT molecular complexity index is 517. The van der Waals surface area contributed by atoms with Crippen molar-refractivity contribution in [3.8, 4) is 0 Å². The Kier molecular flexibility index (Phi) is 3.97. The Balaban J connectivity index is 2.47. The van der Waals surface area contributed by atoms with E-state index in [0.29, 0.717) is 4.88 Å². The number of thiophene rings is 1. The third-order valence-corrected chi connectivity index (χ3v) is 5.62. The maximum absolute atomic E-state index is 13.6. The van der Waals surface area contributed by atoms with Crippen LogP contribution < -0.4 is 5.73 Å². The quantitative estimate of drug-likeness (QED) is 0.806. The van der Waals surface area contributed by atoms with Crippen LogP contribution in [0.3, 0.4) is 0 Å². The van der Waals surface area contributed by atoms with Crippen molar-refractivity contribution in [3.63, 3.8) is 0 Å². The van der Waals surface area contributed by atoms with Crippen LogP contribution in [0.2, 0.25) is 0 Å². The lowest BCUT2D eigenvalue weighted by Gasteiger charge is -2.11. The molecule has 2 rings (SSSR count). The molecule has 1 aromatic heterocycles. The van der Waals surface area contributed by atoms with Crippen LogP contribution in [0.4, 0.5) is 8.78 Å². The number of halogens is 4. The molecule has 0 fully saturated rings. The monoisotopic (exact) mass is 381 g/mol. The lowest BCUT2D eigenvalue weighted by molar-refractivity contribution is 0.545. The Labute approximate surface area is 118 Å². The average molecular weight is 383 g/mol. The molecule has 1 aromatic carbocycles. The van der Waals surface area contributed by atoms with Crippen molar-refractivity contribution in [3.05, 3.63) is 54.6 Å². The number of benzene rings is 1. The molecule has 2 N–H and O–H groups in total. The van der Waals surface area contributed by atoms with E-state index in [1.165, 1.54) is 29.5 Å². The summed E-state index contributed by atoms with van der Waals surface area (Å²) in [5.74, 6) is -1.25. The van der Waals surface area contributed by atoms with Crippen LogP contribution in [0.25, 0.3) is 0 Å². The highest BCUT2D eigenvalue weighted by atomic mass is 79.9. The van der Waals surface area contributed by atoms with E-state index in [1.807, 2.05) is 0 Å². The zero-order valence-corrected chi connectivity index (χ0v) is 12.4. The smallest absolute Gasteiger partial charge is 0.131 e. The molecule has 0 spiro atoms. The minimum absolute atomic E-state index is 0.103. The normalized spacial score (nSPS) is 12.8. The van der Waals surface area contributed by atoms with Gasteiger partial charge < -0.3 is 5.73 Å². The van der Waals surface area contributed by atoms with E-state index >= 15 is 0 Å². The lowest BCUT2D eigenvalue weighted by atomic mass is 10.1. The van der Waals surface area contributed by atoms with Gasteiger partial charge in [-0.25, -0.2) is 8.78 Å². The molecule has 6 heteroatoms. The predicted molar refractivity (Wildman–Crippen MR) is 72.1 cm³/mol. The van der Waals surface area contributed by atoms with Gasteiger partial charge in [0.25, 0.3) is 0 Å². The summed E-state index contributed by atoms with van der Waals surface area (Å²) in [5.41, 5.74) is 5.79. The number of rotatable bonds is 2. The fourth-order valence-corrected chi connectivity index (χ4v) is 3.57. The number of hydrogen-bond donors (Lipinski definition) is 1. The average Bonchev–Trinajstić information content (AvgIpc) is 2.59. The highest BCUT2D eigenvalue weighted by Gasteiger charge is 2.20. The van der Waals surface area contributed by atoms with E-state index < -0.39 is 17.7 Å². The topological polar surface area (TPSA) is 26.0 Å². The molecule has 0 saturated carbocycles. The zero-order valence-electron chi connectivity index (χ0n) is 8.38. The molecule has 1 atom stereocenters. The minimum atomic E-state index is -0.802. The molecular formula is C11H7Br2F2NS. The van der Waals surface area contributed by atoms with Crippen LogP contribution in [-0.4, -0.2) is 0 Å². The summed E-state index contributed by atoms with van der Waals surface area (Å²) in [6, 6.07) is 4.68. The van der Waals surface area contributed by atoms with Crippen LogP contribution in [0.15, 0.2) is 32.5 Å². The molecule has 0 amide bonds. The van der Waals surface area contributed by atoms with Crippen molar-refractivity contribution in [1.29, 1.82) is 0 Å². The number of nitrogens with two attached hydrogens (primary N) is 1. The van der Waals surface area contributed by atoms with Crippen molar-refractivity contribution < 1.29 is 8.78 Å². The van der Waals surface area contributed by atoms with Crippen molar-refractivity contribution in [2.24, 2.45) is 5.73 Å². The van der Waals surface area contributed by atoms with Gasteiger partial charge in [-0.15, -0.1) is 11.3 Å². The summed E-state index contributed by atoms with van der Waals surface area (Å²) in [6.45, 7) is 0. The maximum atomic E-state index is 13.6. The Morgan fingerprint density at radius 3 is 2.24 bits per heavy atom. The summed E-state index contributed by atoms with van der Waals surface area (Å²) in [4.78, 5) is 0.688. The summed E-state index contributed by atoms with van der Waals surface area (Å²) in [6.07, 6.45) is 0. The van der Waals surface area contributed by atoms with Gasteiger partial charge in [0.15, 0.2) is 0 Å². The van der Waals surface area contributed by atoms with Gasteiger partial charge in [-0.1, -0.05) is 6.07 Å². The summed E-state index contributed by atoms with van der Waals surface area (Å²) < 4.78 is 28.8. The fourth-order valence-electron chi connectivity index (χ4n) is 1.47. The van der Waals surface area contributed by atoms with Crippen molar-refractivity contribution in [1.82, 2.24) is 0 Å². The molecule has 1 unspecified atom stereocenters. The van der Waals surface area contributed by atoms with Crippen molar-refractivity contribution in [2.45, 2.75) is 6.04 Å². The fraction of sp³-hybridized carbons (Fsp3) is 0.0909. The first-order valence-corrected chi connectivity index (χ1v) is 7.05. The first kappa shape index (κ1) is 13.1. The standard InChI is InChI=1S/C11H7Br2F2NS/c12-5-4-8(17-11(5)13)10(16)9-6(14)2-1-3-7(9)15/h1-4,10H,16H2. The highest BCUT2D eigenvalue weighted by Crippen LogP contribution is 2.37. The van der Waals surface area contributed by atoms with Crippen molar-refractivity contribution in [2.75, 3.05) is 0 Å².